The van der Waals surface area contributed by atoms with Crippen LogP contribution >= 0.6 is 0 Å². The van der Waals surface area contributed by atoms with Crippen molar-refractivity contribution in [1.82, 2.24) is 10.6 Å². The lowest BCUT2D eigenvalue weighted by Crippen LogP contribution is -2.34. The van der Waals surface area contributed by atoms with Crippen LogP contribution in [-0.4, -0.2) is 24.9 Å². The van der Waals surface area contributed by atoms with Crippen molar-refractivity contribution < 1.29 is 14.0 Å². The summed E-state index contributed by atoms with van der Waals surface area (Å²) in [5, 5.41) is 5.45. The van der Waals surface area contributed by atoms with Gasteiger partial charge in [0.15, 0.2) is 5.76 Å². The molecule has 0 aliphatic heterocycles. The van der Waals surface area contributed by atoms with Gasteiger partial charge in [-0.1, -0.05) is 12.1 Å². The molecule has 0 radical (unpaired) electrons. The van der Waals surface area contributed by atoms with E-state index in [4.69, 9.17) is 4.42 Å². The SMILES string of the molecule is Cc1cccc(C(=O)NCCNC(=O)c2ccco2)c1C. The summed E-state index contributed by atoms with van der Waals surface area (Å²) in [6.45, 7) is 4.59. The van der Waals surface area contributed by atoms with E-state index in [9.17, 15) is 9.59 Å². The summed E-state index contributed by atoms with van der Waals surface area (Å²) in [4.78, 5) is 23.7. The van der Waals surface area contributed by atoms with E-state index in [1.807, 2.05) is 26.0 Å². The molecule has 5 nitrogen and oxygen atoms in total. The molecule has 5 heteroatoms. The summed E-state index contributed by atoms with van der Waals surface area (Å²) < 4.78 is 4.97. The van der Waals surface area contributed by atoms with Crippen LogP contribution in [0.5, 0.6) is 0 Å². The molecule has 0 bridgehead atoms. The van der Waals surface area contributed by atoms with E-state index < -0.39 is 0 Å². The highest BCUT2D eigenvalue weighted by Crippen LogP contribution is 2.12. The number of amides is 2. The molecule has 21 heavy (non-hydrogen) atoms. The summed E-state index contributed by atoms with van der Waals surface area (Å²) in [6.07, 6.45) is 1.44. The second-order valence-corrected chi connectivity index (χ2v) is 4.74. The zero-order valence-electron chi connectivity index (χ0n) is 12.1. The Balaban J connectivity index is 1.80. The van der Waals surface area contributed by atoms with E-state index >= 15 is 0 Å². The van der Waals surface area contributed by atoms with Gasteiger partial charge < -0.3 is 15.1 Å². The molecule has 0 aliphatic carbocycles. The zero-order chi connectivity index (χ0) is 15.2. The lowest BCUT2D eigenvalue weighted by molar-refractivity contribution is 0.0910. The Hall–Kier alpha value is -2.56. The third kappa shape index (κ3) is 3.72. The van der Waals surface area contributed by atoms with Crippen LogP contribution in [0.15, 0.2) is 41.0 Å². The van der Waals surface area contributed by atoms with Crippen molar-refractivity contribution in [3.05, 3.63) is 59.0 Å². The first-order chi connectivity index (χ1) is 10.1. The first kappa shape index (κ1) is 14.8. The van der Waals surface area contributed by atoms with Crippen LogP contribution in [0, 0.1) is 13.8 Å². The van der Waals surface area contributed by atoms with Crippen molar-refractivity contribution in [2.75, 3.05) is 13.1 Å². The van der Waals surface area contributed by atoms with Gasteiger partial charge in [-0.3, -0.25) is 9.59 Å². The number of hydrogen-bond donors (Lipinski definition) is 2. The quantitative estimate of drug-likeness (QED) is 0.826. The molecule has 2 aromatic rings. The fourth-order valence-corrected chi connectivity index (χ4v) is 1.94. The predicted molar refractivity (Wildman–Crippen MR) is 79.3 cm³/mol. The van der Waals surface area contributed by atoms with Crippen molar-refractivity contribution in [1.29, 1.82) is 0 Å². The van der Waals surface area contributed by atoms with Crippen molar-refractivity contribution in [3.8, 4) is 0 Å². The minimum atomic E-state index is -0.291. The molecule has 1 heterocycles. The second kappa shape index (κ2) is 6.74. The molecule has 0 saturated heterocycles. The van der Waals surface area contributed by atoms with Gasteiger partial charge in [0.05, 0.1) is 6.26 Å². The van der Waals surface area contributed by atoms with Crippen molar-refractivity contribution in [2.45, 2.75) is 13.8 Å². The Morgan fingerprint density at radius 3 is 2.38 bits per heavy atom. The third-order valence-corrected chi connectivity index (χ3v) is 3.29. The normalized spacial score (nSPS) is 10.2. The van der Waals surface area contributed by atoms with Crippen molar-refractivity contribution in [2.24, 2.45) is 0 Å². The fraction of sp³-hybridized carbons (Fsp3) is 0.250. The van der Waals surface area contributed by atoms with Crippen LogP contribution < -0.4 is 10.6 Å². The number of benzene rings is 1. The average Bonchev–Trinajstić information content (AvgIpc) is 3.00. The van der Waals surface area contributed by atoms with Gasteiger partial charge >= 0.3 is 0 Å². The van der Waals surface area contributed by atoms with E-state index in [2.05, 4.69) is 10.6 Å². The summed E-state index contributed by atoms with van der Waals surface area (Å²) in [6, 6.07) is 8.85. The van der Waals surface area contributed by atoms with Gasteiger partial charge in [0.1, 0.15) is 0 Å². The minimum Gasteiger partial charge on any atom is -0.459 e. The largest absolute Gasteiger partial charge is 0.459 e. The molecule has 0 atom stereocenters. The maximum atomic E-state index is 12.0. The molecule has 2 amide bonds. The lowest BCUT2D eigenvalue weighted by atomic mass is 10.0. The number of aryl methyl sites for hydroxylation is 1. The van der Waals surface area contributed by atoms with Gasteiger partial charge in [0.2, 0.25) is 0 Å². The van der Waals surface area contributed by atoms with Crippen LogP contribution in [-0.2, 0) is 0 Å². The molecular weight excluding hydrogens is 268 g/mol. The molecule has 0 fully saturated rings. The van der Waals surface area contributed by atoms with Gasteiger partial charge in [-0.25, -0.2) is 0 Å². The third-order valence-electron chi connectivity index (χ3n) is 3.29. The highest BCUT2D eigenvalue weighted by atomic mass is 16.3. The van der Waals surface area contributed by atoms with Crippen LogP contribution in [0.25, 0.3) is 0 Å². The Labute approximate surface area is 123 Å². The lowest BCUT2D eigenvalue weighted by Gasteiger charge is -2.09. The molecule has 0 aliphatic rings. The maximum Gasteiger partial charge on any atom is 0.287 e. The second-order valence-electron chi connectivity index (χ2n) is 4.74. The van der Waals surface area contributed by atoms with Gasteiger partial charge in [-0.15, -0.1) is 0 Å². The smallest absolute Gasteiger partial charge is 0.287 e. The van der Waals surface area contributed by atoms with Crippen LogP contribution in [0.2, 0.25) is 0 Å². The zero-order valence-corrected chi connectivity index (χ0v) is 12.1. The standard InChI is InChI=1S/C16H18N2O3/c1-11-5-3-6-13(12(11)2)15(19)17-8-9-18-16(20)14-7-4-10-21-14/h3-7,10H,8-9H2,1-2H3,(H,17,19)(H,18,20). The number of rotatable bonds is 5. The maximum absolute atomic E-state index is 12.0. The number of nitrogens with one attached hydrogen (secondary N) is 2. The van der Waals surface area contributed by atoms with E-state index in [-0.39, 0.29) is 17.6 Å². The Morgan fingerprint density at radius 2 is 1.71 bits per heavy atom. The Morgan fingerprint density at radius 1 is 1.00 bits per heavy atom. The highest BCUT2D eigenvalue weighted by Gasteiger charge is 2.10. The minimum absolute atomic E-state index is 0.136. The summed E-state index contributed by atoms with van der Waals surface area (Å²) in [5.41, 5.74) is 2.70. The van der Waals surface area contributed by atoms with E-state index in [1.54, 1.807) is 18.2 Å². The van der Waals surface area contributed by atoms with Crippen LogP contribution in [0.4, 0.5) is 0 Å². The number of furan rings is 1. The van der Waals surface area contributed by atoms with Crippen LogP contribution in [0.1, 0.15) is 32.0 Å². The number of carbonyl (C=O) groups is 2. The molecule has 110 valence electrons. The molecule has 0 saturated carbocycles. The van der Waals surface area contributed by atoms with Gasteiger partial charge in [-0.2, -0.15) is 0 Å². The van der Waals surface area contributed by atoms with Crippen molar-refractivity contribution in [3.63, 3.8) is 0 Å². The predicted octanol–water partition coefficient (Wildman–Crippen LogP) is 2.06. The van der Waals surface area contributed by atoms with Gasteiger partial charge in [-0.05, 0) is 43.2 Å². The fourth-order valence-electron chi connectivity index (χ4n) is 1.94. The summed E-state index contributed by atoms with van der Waals surface area (Å²) in [7, 11) is 0. The average molecular weight is 286 g/mol. The van der Waals surface area contributed by atoms with Gasteiger partial charge in [0.25, 0.3) is 11.8 Å². The summed E-state index contributed by atoms with van der Waals surface area (Å²) in [5.74, 6) is -0.166. The monoisotopic (exact) mass is 286 g/mol. The first-order valence-electron chi connectivity index (χ1n) is 6.75. The number of hydrogen-bond acceptors (Lipinski definition) is 3. The Kier molecular flexibility index (Phi) is 4.77. The van der Waals surface area contributed by atoms with Gasteiger partial charge in [0, 0.05) is 18.7 Å². The molecule has 0 unspecified atom stereocenters. The molecule has 1 aromatic heterocycles. The van der Waals surface area contributed by atoms with E-state index in [0.717, 1.165) is 11.1 Å². The highest BCUT2D eigenvalue weighted by molar-refractivity contribution is 5.96. The molecular formula is C16H18N2O3. The number of carbonyl (C=O) groups excluding carboxylic acids is 2. The molecule has 1 aromatic carbocycles. The van der Waals surface area contributed by atoms with E-state index in [1.165, 1.54) is 6.26 Å². The topological polar surface area (TPSA) is 71.3 Å². The Bertz CT molecular complexity index is 633. The first-order valence-corrected chi connectivity index (χ1v) is 6.75. The molecule has 2 N–H and O–H groups in total. The van der Waals surface area contributed by atoms with E-state index in [0.29, 0.717) is 18.7 Å². The summed E-state index contributed by atoms with van der Waals surface area (Å²) >= 11 is 0. The molecule has 0 spiro atoms. The van der Waals surface area contributed by atoms with Crippen LogP contribution in [0.3, 0.4) is 0 Å². The van der Waals surface area contributed by atoms with Crippen molar-refractivity contribution >= 4 is 11.8 Å². The molecule has 2 rings (SSSR count).